The van der Waals surface area contributed by atoms with Crippen molar-refractivity contribution < 1.29 is 9.59 Å². The standard InChI is InChI=1S/C19H23N3O2/c20-12-18(23)22-14-19(24)21-13-17(16-9-5-2-6-10-16)11-15-7-3-1-4-8-15/h1-10,17H,11-14,20H2,(H,21,24)(H,22,23). The number of amides is 2. The highest BCUT2D eigenvalue weighted by atomic mass is 16.2. The minimum Gasteiger partial charge on any atom is -0.354 e. The van der Waals surface area contributed by atoms with E-state index in [4.69, 9.17) is 5.73 Å². The fraction of sp³-hybridized carbons (Fsp3) is 0.263. The van der Waals surface area contributed by atoms with Crippen LogP contribution in [-0.4, -0.2) is 31.4 Å². The van der Waals surface area contributed by atoms with Crippen LogP contribution in [0.3, 0.4) is 0 Å². The summed E-state index contributed by atoms with van der Waals surface area (Å²) in [5.41, 5.74) is 7.59. The summed E-state index contributed by atoms with van der Waals surface area (Å²) >= 11 is 0. The number of nitrogens with one attached hydrogen (secondary N) is 2. The first kappa shape index (κ1) is 17.7. The van der Waals surface area contributed by atoms with E-state index < -0.39 is 0 Å². The number of hydrogen-bond acceptors (Lipinski definition) is 3. The monoisotopic (exact) mass is 325 g/mol. The van der Waals surface area contributed by atoms with Crippen molar-refractivity contribution >= 4 is 11.8 Å². The summed E-state index contributed by atoms with van der Waals surface area (Å²) in [6, 6.07) is 20.3. The van der Waals surface area contributed by atoms with Crippen LogP contribution >= 0.6 is 0 Å². The second-order valence-electron chi connectivity index (χ2n) is 5.58. The van der Waals surface area contributed by atoms with E-state index in [0.717, 1.165) is 6.42 Å². The highest BCUT2D eigenvalue weighted by molar-refractivity contribution is 5.85. The van der Waals surface area contributed by atoms with Crippen molar-refractivity contribution in [3.8, 4) is 0 Å². The van der Waals surface area contributed by atoms with Crippen molar-refractivity contribution in [3.63, 3.8) is 0 Å². The van der Waals surface area contributed by atoms with E-state index in [1.165, 1.54) is 11.1 Å². The Morgan fingerprint density at radius 2 is 1.50 bits per heavy atom. The van der Waals surface area contributed by atoms with Crippen molar-refractivity contribution in [1.82, 2.24) is 10.6 Å². The van der Waals surface area contributed by atoms with Crippen LogP contribution in [0.1, 0.15) is 17.0 Å². The molecule has 2 rings (SSSR count). The van der Waals surface area contributed by atoms with Crippen LogP contribution in [0.2, 0.25) is 0 Å². The van der Waals surface area contributed by atoms with Crippen molar-refractivity contribution in [2.24, 2.45) is 5.73 Å². The zero-order valence-electron chi connectivity index (χ0n) is 13.6. The van der Waals surface area contributed by atoms with E-state index >= 15 is 0 Å². The van der Waals surface area contributed by atoms with Crippen LogP contribution in [0.25, 0.3) is 0 Å². The third-order valence-corrected chi connectivity index (χ3v) is 3.77. The van der Waals surface area contributed by atoms with Gasteiger partial charge in [0.2, 0.25) is 11.8 Å². The molecule has 0 radical (unpaired) electrons. The van der Waals surface area contributed by atoms with E-state index in [0.29, 0.717) is 6.54 Å². The summed E-state index contributed by atoms with van der Waals surface area (Å²) in [5, 5.41) is 5.36. The maximum absolute atomic E-state index is 11.9. The Bertz CT molecular complexity index is 644. The van der Waals surface area contributed by atoms with Crippen molar-refractivity contribution in [2.45, 2.75) is 12.3 Å². The van der Waals surface area contributed by atoms with Gasteiger partial charge in [0.05, 0.1) is 13.1 Å². The lowest BCUT2D eigenvalue weighted by atomic mass is 9.92. The molecule has 126 valence electrons. The number of carbonyl (C=O) groups is 2. The van der Waals surface area contributed by atoms with Gasteiger partial charge in [-0.15, -0.1) is 0 Å². The first-order valence-electron chi connectivity index (χ1n) is 8.01. The van der Waals surface area contributed by atoms with Gasteiger partial charge in [-0.05, 0) is 17.5 Å². The number of rotatable bonds is 8. The molecule has 0 saturated carbocycles. The first-order valence-corrected chi connectivity index (χ1v) is 8.01. The van der Waals surface area contributed by atoms with Crippen LogP contribution in [0.5, 0.6) is 0 Å². The Kier molecular flexibility index (Phi) is 6.98. The topological polar surface area (TPSA) is 84.2 Å². The second-order valence-corrected chi connectivity index (χ2v) is 5.58. The zero-order chi connectivity index (χ0) is 17.2. The van der Waals surface area contributed by atoms with Gasteiger partial charge in [0.25, 0.3) is 0 Å². The molecular formula is C19H23N3O2. The Labute approximate surface area is 142 Å². The fourth-order valence-corrected chi connectivity index (χ4v) is 2.48. The summed E-state index contributed by atoms with van der Waals surface area (Å²) < 4.78 is 0. The molecule has 2 aromatic carbocycles. The van der Waals surface area contributed by atoms with Gasteiger partial charge in [-0.2, -0.15) is 0 Å². The van der Waals surface area contributed by atoms with E-state index in [1.54, 1.807) is 0 Å². The molecule has 0 spiro atoms. The fourth-order valence-electron chi connectivity index (χ4n) is 2.48. The maximum Gasteiger partial charge on any atom is 0.239 e. The number of nitrogens with two attached hydrogens (primary N) is 1. The summed E-state index contributed by atoms with van der Waals surface area (Å²) in [7, 11) is 0. The first-order chi connectivity index (χ1) is 11.7. The Morgan fingerprint density at radius 3 is 2.12 bits per heavy atom. The molecule has 1 unspecified atom stereocenters. The third kappa shape index (κ3) is 5.85. The minimum absolute atomic E-state index is 0.0527. The zero-order valence-corrected chi connectivity index (χ0v) is 13.6. The molecule has 24 heavy (non-hydrogen) atoms. The van der Waals surface area contributed by atoms with Crippen molar-refractivity contribution in [2.75, 3.05) is 19.6 Å². The lowest BCUT2D eigenvalue weighted by Crippen LogP contribution is -2.40. The van der Waals surface area contributed by atoms with Crippen LogP contribution in [-0.2, 0) is 16.0 Å². The van der Waals surface area contributed by atoms with Crippen molar-refractivity contribution in [1.29, 1.82) is 0 Å². The lowest BCUT2D eigenvalue weighted by Gasteiger charge is -2.18. The number of hydrogen-bond donors (Lipinski definition) is 3. The third-order valence-electron chi connectivity index (χ3n) is 3.77. The van der Waals surface area contributed by atoms with Crippen LogP contribution in [0.4, 0.5) is 0 Å². The Morgan fingerprint density at radius 1 is 0.875 bits per heavy atom. The normalized spacial score (nSPS) is 11.5. The second kappa shape index (κ2) is 9.47. The molecule has 2 aromatic rings. The Hall–Kier alpha value is -2.66. The molecular weight excluding hydrogens is 302 g/mol. The molecule has 4 N–H and O–H groups in total. The average Bonchev–Trinajstić information content (AvgIpc) is 2.64. The SMILES string of the molecule is NCC(=O)NCC(=O)NCC(Cc1ccccc1)c1ccccc1. The summed E-state index contributed by atoms with van der Waals surface area (Å²) in [4.78, 5) is 23.0. The van der Waals surface area contributed by atoms with E-state index in [-0.39, 0.29) is 30.8 Å². The molecule has 1 atom stereocenters. The van der Waals surface area contributed by atoms with Crippen LogP contribution < -0.4 is 16.4 Å². The van der Waals surface area contributed by atoms with Crippen LogP contribution in [0, 0.1) is 0 Å². The largest absolute Gasteiger partial charge is 0.354 e. The van der Waals surface area contributed by atoms with Gasteiger partial charge < -0.3 is 16.4 Å². The highest BCUT2D eigenvalue weighted by Crippen LogP contribution is 2.20. The summed E-state index contributed by atoms with van der Waals surface area (Å²) in [6.45, 7) is 0.340. The summed E-state index contributed by atoms with van der Waals surface area (Å²) in [6.07, 6.45) is 0.834. The van der Waals surface area contributed by atoms with Gasteiger partial charge in [0, 0.05) is 12.5 Å². The Balaban J connectivity index is 1.96. The molecule has 0 saturated heterocycles. The van der Waals surface area contributed by atoms with Gasteiger partial charge >= 0.3 is 0 Å². The molecule has 5 heteroatoms. The highest BCUT2D eigenvalue weighted by Gasteiger charge is 2.14. The molecule has 0 aliphatic heterocycles. The van der Waals surface area contributed by atoms with Gasteiger partial charge in [0.1, 0.15) is 0 Å². The predicted molar refractivity (Wildman–Crippen MR) is 94.4 cm³/mol. The predicted octanol–water partition coefficient (Wildman–Crippen LogP) is 1.20. The van der Waals surface area contributed by atoms with Crippen LogP contribution in [0.15, 0.2) is 60.7 Å². The molecule has 0 aliphatic carbocycles. The van der Waals surface area contributed by atoms with Gasteiger partial charge in [0.15, 0.2) is 0 Å². The molecule has 2 amide bonds. The molecule has 0 fully saturated rings. The minimum atomic E-state index is -0.339. The summed E-state index contributed by atoms with van der Waals surface area (Å²) in [5.74, 6) is -0.386. The van der Waals surface area contributed by atoms with E-state index in [1.807, 2.05) is 36.4 Å². The van der Waals surface area contributed by atoms with Crippen molar-refractivity contribution in [3.05, 3.63) is 71.8 Å². The quantitative estimate of drug-likeness (QED) is 0.682. The molecule has 0 bridgehead atoms. The average molecular weight is 325 g/mol. The van der Waals surface area contributed by atoms with Gasteiger partial charge in [-0.1, -0.05) is 60.7 Å². The lowest BCUT2D eigenvalue weighted by molar-refractivity contribution is -0.125. The number of carbonyl (C=O) groups excluding carboxylic acids is 2. The van der Waals surface area contributed by atoms with E-state index in [2.05, 4.69) is 34.9 Å². The van der Waals surface area contributed by atoms with Gasteiger partial charge in [-0.25, -0.2) is 0 Å². The number of benzene rings is 2. The smallest absolute Gasteiger partial charge is 0.239 e. The van der Waals surface area contributed by atoms with E-state index in [9.17, 15) is 9.59 Å². The van der Waals surface area contributed by atoms with Gasteiger partial charge in [-0.3, -0.25) is 9.59 Å². The molecule has 0 aromatic heterocycles. The molecule has 0 aliphatic rings. The molecule has 0 heterocycles. The maximum atomic E-state index is 11.9. The molecule has 5 nitrogen and oxygen atoms in total.